The number of benzene rings is 1. The molecular weight excluding hydrogens is 218 g/mol. The van der Waals surface area contributed by atoms with Crippen molar-refractivity contribution < 1.29 is 15.0 Å². The van der Waals surface area contributed by atoms with Crippen LogP contribution >= 0.6 is 11.6 Å². The first-order chi connectivity index (χ1) is 7.13. The van der Waals surface area contributed by atoms with Crippen molar-refractivity contribution in [3.63, 3.8) is 0 Å². The molecule has 0 saturated heterocycles. The highest BCUT2D eigenvalue weighted by Crippen LogP contribution is 2.09. The maximum Gasteiger partial charge on any atom is 0.251 e. The van der Waals surface area contributed by atoms with Crippen molar-refractivity contribution in [3.8, 4) is 0 Å². The minimum Gasteiger partial charge on any atom is -0.394 e. The molecule has 1 rings (SSSR count). The summed E-state index contributed by atoms with van der Waals surface area (Å²) in [5.41, 5.74) is 0.463. The molecule has 3 N–H and O–H groups in total. The van der Waals surface area contributed by atoms with E-state index in [-0.39, 0.29) is 19.1 Å². The summed E-state index contributed by atoms with van der Waals surface area (Å²) in [7, 11) is 0. The number of hydrogen-bond donors (Lipinski definition) is 3. The van der Waals surface area contributed by atoms with Crippen LogP contribution in [0.4, 0.5) is 0 Å². The Morgan fingerprint density at radius 1 is 1.40 bits per heavy atom. The van der Waals surface area contributed by atoms with Gasteiger partial charge in [0, 0.05) is 17.1 Å². The van der Waals surface area contributed by atoms with E-state index < -0.39 is 6.10 Å². The van der Waals surface area contributed by atoms with Crippen LogP contribution in [0.3, 0.4) is 0 Å². The van der Waals surface area contributed by atoms with Crippen molar-refractivity contribution in [3.05, 3.63) is 34.9 Å². The second-order valence-corrected chi connectivity index (χ2v) is 3.49. The number of carbonyl (C=O) groups is 1. The highest BCUT2D eigenvalue weighted by molar-refractivity contribution is 6.30. The lowest BCUT2D eigenvalue weighted by molar-refractivity contribution is 0.0802. The van der Waals surface area contributed by atoms with E-state index in [4.69, 9.17) is 21.8 Å². The van der Waals surface area contributed by atoms with Gasteiger partial charge in [-0.2, -0.15) is 0 Å². The summed E-state index contributed by atoms with van der Waals surface area (Å²) in [6, 6.07) is 6.39. The first kappa shape index (κ1) is 12.0. The number of aliphatic hydroxyl groups excluding tert-OH is 2. The zero-order valence-electron chi connectivity index (χ0n) is 7.98. The molecule has 0 bridgehead atoms. The number of amides is 1. The summed E-state index contributed by atoms with van der Waals surface area (Å²) in [6.45, 7) is -0.348. The largest absolute Gasteiger partial charge is 0.394 e. The van der Waals surface area contributed by atoms with Crippen LogP contribution < -0.4 is 5.32 Å². The molecule has 0 spiro atoms. The fraction of sp³-hybridized carbons (Fsp3) is 0.300. The van der Waals surface area contributed by atoms with Gasteiger partial charge in [0.2, 0.25) is 0 Å². The van der Waals surface area contributed by atoms with Crippen LogP contribution in [-0.4, -0.2) is 35.4 Å². The molecule has 0 aliphatic heterocycles. The quantitative estimate of drug-likeness (QED) is 0.701. The highest BCUT2D eigenvalue weighted by atomic mass is 35.5. The maximum absolute atomic E-state index is 11.4. The van der Waals surface area contributed by atoms with Crippen LogP contribution in [0.15, 0.2) is 24.3 Å². The van der Waals surface area contributed by atoms with Gasteiger partial charge >= 0.3 is 0 Å². The molecule has 1 unspecified atom stereocenters. The third-order valence-electron chi connectivity index (χ3n) is 1.82. The number of rotatable bonds is 4. The van der Waals surface area contributed by atoms with E-state index in [0.29, 0.717) is 10.6 Å². The van der Waals surface area contributed by atoms with Gasteiger partial charge in [0.15, 0.2) is 0 Å². The summed E-state index contributed by atoms with van der Waals surface area (Å²) in [5, 5.41) is 20.6. The second-order valence-electron chi connectivity index (χ2n) is 3.05. The normalized spacial score (nSPS) is 12.2. The summed E-state index contributed by atoms with van der Waals surface area (Å²) in [4.78, 5) is 11.4. The van der Waals surface area contributed by atoms with E-state index in [2.05, 4.69) is 5.32 Å². The predicted octanol–water partition coefficient (Wildman–Crippen LogP) is 0.423. The predicted molar refractivity (Wildman–Crippen MR) is 56.9 cm³/mol. The Morgan fingerprint density at radius 2 is 2.00 bits per heavy atom. The van der Waals surface area contributed by atoms with Crippen LogP contribution in [0.5, 0.6) is 0 Å². The van der Waals surface area contributed by atoms with Crippen molar-refractivity contribution in [2.24, 2.45) is 0 Å². The Kier molecular flexibility index (Phi) is 4.55. The van der Waals surface area contributed by atoms with Gasteiger partial charge in [0.1, 0.15) is 0 Å². The van der Waals surface area contributed by atoms with Crippen molar-refractivity contribution >= 4 is 17.5 Å². The van der Waals surface area contributed by atoms with E-state index in [1.54, 1.807) is 24.3 Å². The molecular formula is C10H12ClNO3. The Hall–Kier alpha value is -1.10. The van der Waals surface area contributed by atoms with Gasteiger partial charge in [-0.15, -0.1) is 0 Å². The number of aliphatic hydroxyl groups is 2. The van der Waals surface area contributed by atoms with Crippen molar-refractivity contribution in [1.82, 2.24) is 5.32 Å². The average Bonchev–Trinajstić information content (AvgIpc) is 2.26. The van der Waals surface area contributed by atoms with Gasteiger partial charge in [-0.05, 0) is 24.3 Å². The lowest BCUT2D eigenvalue weighted by atomic mass is 10.2. The summed E-state index contributed by atoms with van der Waals surface area (Å²) in [6.07, 6.45) is -0.929. The Labute approximate surface area is 92.5 Å². The molecule has 0 heterocycles. The van der Waals surface area contributed by atoms with Crippen LogP contribution in [-0.2, 0) is 0 Å². The molecule has 1 aromatic carbocycles. The highest BCUT2D eigenvalue weighted by Gasteiger charge is 2.07. The van der Waals surface area contributed by atoms with E-state index in [1.807, 2.05) is 0 Å². The monoisotopic (exact) mass is 229 g/mol. The molecule has 4 nitrogen and oxygen atoms in total. The fourth-order valence-electron chi connectivity index (χ4n) is 0.978. The first-order valence-electron chi connectivity index (χ1n) is 4.46. The Morgan fingerprint density at radius 3 is 2.53 bits per heavy atom. The lowest BCUT2D eigenvalue weighted by Gasteiger charge is -2.08. The molecule has 1 atom stereocenters. The van der Waals surface area contributed by atoms with Gasteiger partial charge in [-0.3, -0.25) is 4.79 Å². The zero-order valence-corrected chi connectivity index (χ0v) is 8.74. The molecule has 0 saturated carbocycles. The third kappa shape index (κ3) is 3.87. The molecule has 1 amide bonds. The van der Waals surface area contributed by atoms with Crippen LogP contribution in [0.1, 0.15) is 10.4 Å². The average molecular weight is 230 g/mol. The van der Waals surface area contributed by atoms with Gasteiger partial charge in [-0.1, -0.05) is 11.6 Å². The minimum absolute atomic E-state index is 0.0258. The standard InChI is InChI=1S/C10H12ClNO3/c11-8-3-1-7(2-4-8)10(15)12-5-9(14)6-13/h1-4,9,13-14H,5-6H2,(H,12,15). The molecule has 1 aromatic rings. The number of carbonyl (C=O) groups excluding carboxylic acids is 1. The molecule has 0 radical (unpaired) electrons. The smallest absolute Gasteiger partial charge is 0.251 e. The Bertz CT molecular complexity index is 326. The molecule has 82 valence electrons. The van der Waals surface area contributed by atoms with E-state index >= 15 is 0 Å². The summed E-state index contributed by atoms with van der Waals surface area (Å²) >= 11 is 5.66. The van der Waals surface area contributed by atoms with Crippen molar-refractivity contribution in [2.45, 2.75) is 6.10 Å². The van der Waals surface area contributed by atoms with E-state index in [0.717, 1.165) is 0 Å². The van der Waals surface area contributed by atoms with Crippen LogP contribution in [0.25, 0.3) is 0 Å². The molecule has 0 aliphatic rings. The number of hydrogen-bond acceptors (Lipinski definition) is 3. The van der Waals surface area contributed by atoms with Crippen LogP contribution in [0, 0.1) is 0 Å². The van der Waals surface area contributed by atoms with Gasteiger partial charge in [-0.25, -0.2) is 0 Å². The zero-order chi connectivity index (χ0) is 11.3. The molecule has 0 fully saturated rings. The lowest BCUT2D eigenvalue weighted by Crippen LogP contribution is -2.33. The first-order valence-corrected chi connectivity index (χ1v) is 4.84. The van der Waals surface area contributed by atoms with Gasteiger partial charge in [0.05, 0.1) is 12.7 Å². The second kappa shape index (κ2) is 5.70. The Balaban J connectivity index is 2.50. The molecule has 5 heteroatoms. The van der Waals surface area contributed by atoms with E-state index in [9.17, 15) is 4.79 Å². The van der Waals surface area contributed by atoms with Crippen LogP contribution in [0.2, 0.25) is 5.02 Å². The molecule has 15 heavy (non-hydrogen) atoms. The third-order valence-corrected chi connectivity index (χ3v) is 2.07. The SMILES string of the molecule is O=C(NCC(O)CO)c1ccc(Cl)cc1. The molecule has 0 aliphatic carbocycles. The number of nitrogens with one attached hydrogen (secondary N) is 1. The fourth-order valence-corrected chi connectivity index (χ4v) is 1.10. The van der Waals surface area contributed by atoms with Crippen molar-refractivity contribution in [2.75, 3.05) is 13.2 Å². The minimum atomic E-state index is -0.929. The summed E-state index contributed by atoms with van der Waals surface area (Å²) < 4.78 is 0. The van der Waals surface area contributed by atoms with Gasteiger partial charge < -0.3 is 15.5 Å². The summed E-state index contributed by atoms with van der Waals surface area (Å²) in [5.74, 6) is -0.306. The topological polar surface area (TPSA) is 69.6 Å². The molecule has 0 aromatic heterocycles. The maximum atomic E-state index is 11.4. The van der Waals surface area contributed by atoms with Gasteiger partial charge in [0.25, 0.3) is 5.91 Å². The van der Waals surface area contributed by atoms with E-state index in [1.165, 1.54) is 0 Å². The number of halogens is 1. The van der Waals surface area contributed by atoms with Crippen molar-refractivity contribution in [1.29, 1.82) is 0 Å².